The van der Waals surface area contributed by atoms with Gasteiger partial charge in [0.25, 0.3) is 0 Å². The number of unbranched alkanes of at least 4 members (excludes halogenated alkanes) is 3. The van der Waals surface area contributed by atoms with E-state index in [1.807, 2.05) is 17.7 Å². The monoisotopic (exact) mass is 160 g/mol. The first kappa shape index (κ1) is 12.1. The molecule has 0 spiro atoms. The molecule has 0 bridgehead atoms. The van der Waals surface area contributed by atoms with Crippen molar-refractivity contribution in [3.05, 3.63) is 0 Å². The standard InChI is InChI=1S/C10H17O.Li/c1-3-5-7-8-10-11-9-6-4-2;/h4-10H2,2H3;. The van der Waals surface area contributed by atoms with Crippen molar-refractivity contribution in [3.8, 4) is 10.5 Å². The summed E-state index contributed by atoms with van der Waals surface area (Å²) >= 11 is 1.89. The van der Waals surface area contributed by atoms with E-state index < -0.39 is 0 Å². The van der Waals surface area contributed by atoms with Gasteiger partial charge in [-0.3, -0.25) is 0 Å². The molecule has 0 unspecified atom stereocenters. The van der Waals surface area contributed by atoms with Crippen molar-refractivity contribution >= 4 is 17.7 Å². The zero-order valence-electron chi connectivity index (χ0n) is 8.36. The Kier molecular flexibility index (Phi) is 11.2. The first-order chi connectivity index (χ1) is 5.91. The van der Waals surface area contributed by atoms with Gasteiger partial charge in [-0.2, -0.15) is 0 Å². The molecule has 0 radical (unpaired) electrons. The molecule has 12 heavy (non-hydrogen) atoms. The summed E-state index contributed by atoms with van der Waals surface area (Å²) in [5.74, 6) is 3.04. The van der Waals surface area contributed by atoms with Crippen molar-refractivity contribution in [2.45, 2.75) is 39.0 Å². The van der Waals surface area contributed by atoms with Crippen LogP contribution >= 0.6 is 0 Å². The van der Waals surface area contributed by atoms with Gasteiger partial charge in [-0.05, 0) is 0 Å². The van der Waals surface area contributed by atoms with Crippen LogP contribution in [0.25, 0.3) is 0 Å². The van der Waals surface area contributed by atoms with E-state index in [0.29, 0.717) is 0 Å². The third-order valence-corrected chi connectivity index (χ3v) is 1.66. The fourth-order valence-electron chi connectivity index (χ4n) is 0.891. The first-order valence-electron chi connectivity index (χ1n) is 4.89. The predicted octanol–water partition coefficient (Wildman–Crippen LogP) is 2.10. The summed E-state index contributed by atoms with van der Waals surface area (Å²) in [5.41, 5.74) is 0. The first-order valence-corrected chi connectivity index (χ1v) is 4.89. The van der Waals surface area contributed by atoms with Gasteiger partial charge in [-0.1, -0.05) is 0 Å². The van der Waals surface area contributed by atoms with Gasteiger partial charge in [-0.25, -0.2) is 0 Å². The van der Waals surface area contributed by atoms with Crippen LogP contribution in [0.5, 0.6) is 0 Å². The summed E-state index contributed by atoms with van der Waals surface area (Å²) in [6.45, 7) is 4.02. The van der Waals surface area contributed by atoms with Gasteiger partial charge in [0, 0.05) is 0 Å². The average molecular weight is 160 g/mol. The predicted molar refractivity (Wildman–Crippen MR) is 53.1 cm³/mol. The van der Waals surface area contributed by atoms with E-state index in [0.717, 1.165) is 26.1 Å². The van der Waals surface area contributed by atoms with Crippen molar-refractivity contribution in [1.29, 1.82) is 0 Å². The topological polar surface area (TPSA) is 9.23 Å². The van der Waals surface area contributed by atoms with E-state index in [2.05, 4.69) is 17.4 Å². The molecule has 0 aromatic rings. The Morgan fingerprint density at radius 1 is 1.17 bits per heavy atom. The summed E-state index contributed by atoms with van der Waals surface area (Å²) in [6, 6.07) is 0. The number of hydrogen-bond acceptors (Lipinski definition) is 1. The van der Waals surface area contributed by atoms with Crippen molar-refractivity contribution in [1.82, 2.24) is 0 Å². The van der Waals surface area contributed by atoms with Crippen LogP contribution in [0.4, 0.5) is 0 Å². The van der Waals surface area contributed by atoms with Gasteiger partial charge in [0.2, 0.25) is 0 Å². The molecule has 0 aromatic heterocycles. The minimum atomic E-state index is 0.908. The summed E-state index contributed by atoms with van der Waals surface area (Å²) in [5, 5.41) is 0. The molecular weight excluding hydrogens is 143 g/mol. The second kappa shape index (κ2) is 11.1. The Morgan fingerprint density at radius 3 is 2.58 bits per heavy atom. The molecule has 0 aromatic carbocycles. The summed E-state index contributed by atoms with van der Waals surface area (Å²) < 4.78 is 8.29. The molecule has 0 N–H and O–H groups in total. The number of hydrogen-bond donors (Lipinski definition) is 0. The van der Waals surface area contributed by atoms with Crippen LogP contribution in [-0.2, 0) is 4.74 Å². The quantitative estimate of drug-likeness (QED) is 0.315. The molecule has 64 valence electrons. The second-order valence-electron chi connectivity index (χ2n) is 2.85. The van der Waals surface area contributed by atoms with E-state index in [1.165, 1.54) is 19.3 Å². The maximum absolute atomic E-state index is 5.41. The Morgan fingerprint density at radius 2 is 1.92 bits per heavy atom. The van der Waals surface area contributed by atoms with Crippen molar-refractivity contribution in [3.63, 3.8) is 0 Å². The third kappa shape index (κ3) is 10.1. The molecule has 0 aliphatic heterocycles. The Hall–Kier alpha value is 0.117. The molecular formula is C10H17LiO. The van der Waals surface area contributed by atoms with Crippen LogP contribution in [0, 0.1) is 10.5 Å². The molecule has 0 aliphatic rings. The fraction of sp³-hybridized carbons (Fsp3) is 0.800. The molecule has 0 amide bonds. The maximum atomic E-state index is 5.41. The Bertz CT molecular complexity index is 135. The van der Waals surface area contributed by atoms with Gasteiger partial charge >= 0.3 is 85.2 Å². The van der Waals surface area contributed by atoms with Gasteiger partial charge in [0.1, 0.15) is 0 Å². The zero-order chi connectivity index (χ0) is 9.07. The van der Waals surface area contributed by atoms with Gasteiger partial charge < -0.3 is 0 Å². The van der Waals surface area contributed by atoms with Crippen molar-refractivity contribution in [2.75, 3.05) is 13.2 Å². The summed E-state index contributed by atoms with van der Waals surface area (Å²) in [6.07, 6.45) is 5.76. The van der Waals surface area contributed by atoms with E-state index in [9.17, 15) is 0 Å². The molecule has 2 heteroatoms. The molecule has 0 aliphatic carbocycles. The summed E-state index contributed by atoms with van der Waals surface area (Å²) in [4.78, 5) is 0. The Balaban J connectivity index is 2.84. The molecule has 0 fully saturated rings. The molecule has 0 atom stereocenters. The minimum absolute atomic E-state index is 0.908. The van der Waals surface area contributed by atoms with Crippen LogP contribution in [0.15, 0.2) is 0 Å². The van der Waals surface area contributed by atoms with Crippen LogP contribution in [0.3, 0.4) is 0 Å². The zero-order valence-corrected chi connectivity index (χ0v) is 8.36. The third-order valence-electron chi connectivity index (χ3n) is 1.66. The number of ether oxygens (including phenoxy) is 1. The van der Waals surface area contributed by atoms with Gasteiger partial charge in [-0.15, -0.1) is 0 Å². The van der Waals surface area contributed by atoms with E-state index in [-0.39, 0.29) is 0 Å². The molecule has 0 heterocycles. The van der Waals surface area contributed by atoms with Crippen LogP contribution in [0.2, 0.25) is 0 Å². The normalized spacial score (nSPS) is 9.25. The SMILES string of the molecule is [Li][C]#CCCCCOCCCC. The van der Waals surface area contributed by atoms with Crippen LogP contribution in [-0.4, -0.2) is 30.9 Å². The van der Waals surface area contributed by atoms with E-state index in [1.54, 1.807) is 0 Å². The van der Waals surface area contributed by atoms with Gasteiger partial charge in [0.05, 0.1) is 0 Å². The Labute approximate surface area is 85.5 Å². The van der Waals surface area contributed by atoms with Crippen LogP contribution < -0.4 is 0 Å². The van der Waals surface area contributed by atoms with Crippen LogP contribution in [0.1, 0.15) is 39.0 Å². The number of rotatable bonds is 7. The molecule has 0 saturated carbocycles. The van der Waals surface area contributed by atoms with E-state index >= 15 is 0 Å². The van der Waals surface area contributed by atoms with E-state index in [4.69, 9.17) is 4.74 Å². The molecule has 1 nitrogen and oxygen atoms in total. The molecule has 0 rings (SSSR count). The van der Waals surface area contributed by atoms with Crippen molar-refractivity contribution < 1.29 is 4.74 Å². The average Bonchev–Trinajstić information content (AvgIpc) is 2.10. The fourth-order valence-corrected chi connectivity index (χ4v) is 0.891. The van der Waals surface area contributed by atoms with Crippen molar-refractivity contribution in [2.24, 2.45) is 0 Å². The summed E-state index contributed by atoms with van der Waals surface area (Å²) in [7, 11) is 0. The second-order valence-corrected chi connectivity index (χ2v) is 2.85. The molecule has 0 saturated heterocycles. The van der Waals surface area contributed by atoms with Gasteiger partial charge in [0.15, 0.2) is 0 Å².